The van der Waals surface area contributed by atoms with E-state index < -0.39 is 0 Å². The fourth-order valence-electron chi connectivity index (χ4n) is 3.01. The van der Waals surface area contributed by atoms with E-state index in [-0.39, 0.29) is 0 Å². The molecule has 0 bridgehead atoms. The van der Waals surface area contributed by atoms with Crippen LogP contribution in [0.2, 0.25) is 0 Å². The third kappa shape index (κ3) is 3.50. The predicted molar refractivity (Wildman–Crippen MR) is 69.9 cm³/mol. The van der Waals surface area contributed by atoms with Crippen molar-refractivity contribution in [2.75, 3.05) is 6.54 Å². The van der Waals surface area contributed by atoms with Crippen LogP contribution in [-0.4, -0.2) is 18.4 Å². The number of rotatable bonds is 2. The van der Waals surface area contributed by atoms with Crippen molar-refractivity contribution >= 4 is 5.84 Å². The molecule has 0 aromatic rings. The first kappa shape index (κ1) is 11.9. The van der Waals surface area contributed by atoms with Gasteiger partial charge in [-0.15, -0.1) is 0 Å². The summed E-state index contributed by atoms with van der Waals surface area (Å²) in [6.07, 6.45) is 12.3. The first-order chi connectivity index (χ1) is 7.86. The number of nitrogens with one attached hydrogen (secondary N) is 1. The van der Waals surface area contributed by atoms with Crippen molar-refractivity contribution in [1.82, 2.24) is 5.32 Å². The van der Waals surface area contributed by atoms with E-state index in [0.29, 0.717) is 6.04 Å². The molecule has 1 saturated carbocycles. The molecule has 0 saturated heterocycles. The van der Waals surface area contributed by atoms with E-state index >= 15 is 0 Å². The molecule has 0 amide bonds. The van der Waals surface area contributed by atoms with Crippen LogP contribution >= 0.6 is 0 Å². The van der Waals surface area contributed by atoms with E-state index in [9.17, 15) is 0 Å². The molecule has 0 aromatic heterocycles. The molecule has 0 spiro atoms. The van der Waals surface area contributed by atoms with Gasteiger partial charge in [-0.1, -0.05) is 25.7 Å². The molecule has 2 heteroatoms. The van der Waals surface area contributed by atoms with Crippen LogP contribution in [0.4, 0.5) is 0 Å². The Labute approximate surface area is 99.9 Å². The maximum Gasteiger partial charge on any atom is 0.0965 e. The molecule has 0 radical (unpaired) electrons. The SMILES string of the molecule is C[C@H](NC1=NCCCCC1)C1CCCCC1. The van der Waals surface area contributed by atoms with Gasteiger partial charge in [-0.05, 0) is 38.5 Å². The molecule has 1 aliphatic carbocycles. The van der Waals surface area contributed by atoms with Gasteiger partial charge in [0.1, 0.15) is 0 Å². The van der Waals surface area contributed by atoms with Crippen molar-refractivity contribution in [3.63, 3.8) is 0 Å². The smallest absolute Gasteiger partial charge is 0.0965 e. The zero-order chi connectivity index (χ0) is 11.2. The first-order valence-electron chi connectivity index (χ1n) is 7.16. The van der Waals surface area contributed by atoms with E-state index in [1.54, 1.807) is 0 Å². The Balaban J connectivity index is 1.80. The van der Waals surface area contributed by atoms with Gasteiger partial charge in [0.15, 0.2) is 0 Å². The number of hydrogen-bond acceptors (Lipinski definition) is 2. The van der Waals surface area contributed by atoms with Crippen molar-refractivity contribution in [2.45, 2.75) is 70.8 Å². The number of nitrogens with zero attached hydrogens (tertiary/aromatic N) is 1. The van der Waals surface area contributed by atoms with E-state index in [1.807, 2.05) is 0 Å². The van der Waals surface area contributed by atoms with Gasteiger partial charge in [0.05, 0.1) is 5.84 Å². The summed E-state index contributed by atoms with van der Waals surface area (Å²) in [5.41, 5.74) is 0. The summed E-state index contributed by atoms with van der Waals surface area (Å²) in [6.45, 7) is 3.39. The second-order valence-electron chi connectivity index (χ2n) is 5.47. The Morgan fingerprint density at radius 1 is 1.06 bits per heavy atom. The molecule has 1 heterocycles. The molecule has 1 N–H and O–H groups in total. The topological polar surface area (TPSA) is 24.4 Å². The van der Waals surface area contributed by atoms with Crippen molar-refractivity contribution in [2.24, 2.45) is 10.9 Å². The molecule has 1 atom stereocenters. The van der Waals surface area contributed by atoms with Crippen molar-refractivity contribution < 1.29 is 0 Å². The van der Waals surface area contributed by atoms with Crippen molar-refractivity contribution in [1.29, 1.82) is 0 Å². The van der Waals surface area contributed by atoms with Crippen molar-refractivity contribution in [3.8, 4) is 0 Å². The Hall–Kier alpha value is -0.530. The summed E-state index contributed by atoms with van der Waals surface area (Å²) < 4.78 is 0. The molecule has 2 aliphatic rings. The number of aliphatic imine (C=N–C) groups is 1. The second-order valence-corrected chi connectivity index (χ2v) is 5.47. The van der Waals surface area contributed by atoms with Crippen LogP contribution in [0.5, 0.6) is 0 Å². The van der Waals surface area contributed by atoms with Gasteiger partial charge < -0.3 is 5.32 Å². The standard InChI is InChI=1S/C14H26N2/c1-12(13-8-4-2-5-9-13)16-14-10-6-3-7-11-15-14/h12-13H,2-11H2,1H3,(H,15,16)/t12-/m0/s1. The lowest BCUT2D eigenvalue weighted by Gasteiger charge is -2.29. The van der Waals surface area contributed by atoms with Gasteiger partial charge in [0, 0.05) is 19.0 Å². The average molecular weight is 222 g/mol. The van der Waals surface area contributed by atoms with Gasteiger partial charge >= 0.3 is 0 Å². The predicted octanol–water partition coefficient (Wildman–Crippen LogP) is 3.52. The molecule has 1 fully saturated rings. The van der Waals surface area contributed by atoms with E-state index in [2.05, 4.69) is 17.2 Å². The zero-order valence-corrected chi connectivity index (χ0v) is 10.7. The van der Waals surface area contributed by atoms with Crippen LogP contribution in [-0.2, 0) is 0 Å². The maximum atomic E-state index is 4.66. The highest BCUT2D eigenvalue weighted by atomic mass is 15.0. The minimum atomic E-state index is 0.636. The molecule has 2 rings (SSSR count). The normalized spacial score (nSPS) is 25.7. The summed E-state index contributed by atoms with van der Waals surface area (Å²) in [7, 11) is 0. The van der Waals surface area contributed by atoms with Crippen LogP contribution in [0.3, 0.4) is 0 Å². The Morgan fingerprint density at radius 2 is 1.81 bits per heavy atom. The fourth-order valence-corrected chi connectivity index (χ4v) is 3.01. The summed E-state index contributed by atoms with van der Waals surface area (Å²) in [5.74, 6) is 2.18. The van der Waals surface area contributed by atoms with Gasteiger partial charge in [0.25, 0.3) is 0 Å². The zero-order valence-electron chi connectivity index (χ0n) is 10.7. The third-order valence-electron chi connectivity index (χ3n) is 4.13. The quantitative estimate of drug-likeness (QED) is 0.759. The van der Waals surface area contributed by atoms with Gasteiger partial charge in [-0.25, -0.2) is 0 Å². The van der Waals surface area contributed by atoms with Crippen molar-refractivity contribution in [3.05, 3.63) is 0 Å². The summed E-state index contributed by atoms with van der Waals surface area (Å²) in [5, 5.41) is 3.68. The second kappa shape index (κ2) is 6.27. The van der Waals surface area contributed by atoms with Crippen LogP contribution in [0.15, 0.2) is 4.99 Å². The molecule has 1 aliphatic heterocycles. The molecule has 2 nitrogen and oxygen atoms in total. The van der Waals surface area contributed by atoms with E-state index in [1.165, 1.54) is 63.6 Å². The minimum absolute atomic E-state index is 0.636. The lowest BCUT2D eigenvalue weighted by molar-refractivity contribution is 0.301. The van der Waals surface area contributed by atoms with Crippen LogP contribution in [0.25, 0.3) is 0 Å². The molecule has 0 unspecified atom stereocenters. The highest BCUT2D eigenvalue weighted by Gasteiger charge is 2.20. The lowest BCUT2D eigenvalue weighted by Crippen LogP contribution is -2.38. The summed E-state index contributed by atoms with van der Waals surface area (Å²) in [4.78, 5) is 4.66. The molecular formula is C14H26N2. The van der Waals surface area contributed by atoms with Gasteiger partial charge in [-0.3, -0.25) is 4.99 Å². The first-order valence-corrected chi connectivity index (χ1v) is 7.16. The summed E-state index contributed by atoms with van der Waals surface area (Å²) >= 11 is 0. The molecule has 0 aromatic carbocycles. The third-order valence-corrected chi connectivity index (χ3v) is 4.13. The Kier molecular flexibility index (Phi) is 4.68. The average Bonchev–Trinajstić information content (AvgIpc) is 2.59. The van der Waals surface area contributed by atoms with E-state index in [0.717, 1.165) is 12.5 Å². The number of hydrogen-bond donors (Lipinski definition) is 1. The lowest BCUT2D eigenvalue weighted by atomic mass is 9.84. The monoisotopic (exact) mass is 222 g/mol. The molecular weight excluding hydrogens is 196 g/mol. The van der Waals surface area contributed by atoms with Crippen LogP contribution in [0, 0.1) is 5.92 Å². The largest absolute Gasteiger partial charge is 0.371 e. The Bertz CT molecular complexity index is 229. The minimum Gasteiger partial charge on any atom is -0.371 e. The van der Waals surface area contributed by atoms with Gasteiger partial charge in [0.2, 0.25) is 0 Å². The van der Waals surface area contributed by atoms with E-state index in [4.69, 9.17) is 0 Å². The highest BCUT2D eigenvalue weighted by molar-refractivity contribution is 5.82. The fraction of sp³-hybridized carbons (Fsp3) is 0.929. The van der Waals surface area contributed by atoms with Crippen LogP contribution in [0.1, 0.15) is 64.7 Å². The Morgan fingerprint density at radius 3 is 2.62 bits per heavy atom. The number of amidine groups is 1. The van der Waals surface area contributed by atoms with Gasteiger partial charge in [-0.2, -0.15) is 0 Å². The molecule has 16 heavy (non-hydrogen) atoms. The maximum absolute atomic E-state index is 4.66. The summed E-state index contributed by atoms with van der Waals surface area (Å²) in [6, 6.07) is 0.636. The highest BCUT2D eigenvalue weighted by Crippen LogP contribution is 2.26. The molecule has 92 valence electrons. The van der Waals surface area contributed by atoms with Crippen LogP contribution < -0.4 is 5.32 Å².